The predicted octanol–water partition coefficient (Wildman–Crippen LogP) is 6.47. The van der Waals surface area contributed by atoms with Crippen molar-refractivity contribution in [1.82, 2.24) is 4.98 Å². The van der Waals surface area contributed by atoms with Gasteiger partial charge >= 0.3 is 0 Å². The lowest BCUT2D eigenvalue weighted by atomic mass is 10.1. The first kappa shape index (κ1) is 26.5. The molecule has 1 amide bonds. The minimum Gasteiger partial charge on any atom is -0.507 e. The van der Waals surface area contributed by atoms with E-state index in [4.69, 9.17) is 25.8 Å². The first-order chi connectivity index (χ1) is 17.8. The average Bonchev–Trinajstić information content (AvgIpc) is 3.71. The maximum atomic E-state index is 13.1. The summed E-state index contributed by atoms with van der Waals surface area (Å²) in [6.07, 6.45) is 3.54. The van der Waals surface area contributed by atoms with Gasteiger partial charge in [-0.2, -0.15) is 0 Å². The monoisotopic (exact) mass is 522 g/mol. The molecule has 0 saturated heterocycles. The van der Waals surface area contributed by atoms with Gasteiger partial charge in [-0.15, -0.1) is 0 Å². The second-order valence-electron chi connectivity index (χ2n) is 9.14. The molecule has 1 saturated carbocycles. The number of rotatable bonds is 11. The van der Waals surface area contributed by atoms with Gasteiger partial charge in [0.2, 0.25) is 0 Å². The van der Waals surface area contributed by atoms with Crippen LogP contribution in [0.2, 0.25) is 5.02 Å². The number of methoxy groups -OCH3 is 1. The number of hydrogen-bond acceptors (Lipinski definition) is 6. The van der Waals surface area contributed by atoms with Crippen molar-refractivity contribution in [3.8, 4) is 11.5 Å². The number of allylic oxidation sites excluding steroid dienone is 1. The number of ether oxygens (including phenoxy) is 3. The fourth-order valence-electron chi connectivity index (χ4n) is 3.89. The zero-order chi connectivity index (χ0) is 26.4. The van der Waals surface area contributed by atoms with E-state index in [1.54, 1.807) is 43.6 Å². The standard InChI is InChI=1S/C29H31ClN2O5/c1-18(12-21-6-4-5-7-26(21)30)36-24-13-23(14-25(15-24)37-19(2)17-35-3)29(34)32-27-11-10-22(16-31-27)28(33)20-8-9-20/h4-7,10-11,13-16,18-19,33H,8-9,12,17H2,1-3H3,(H,31,32,34). The lowest BCUT2D eigenvalue weighted by Gasteiger charge is -2.19. The molecule has 0 radical (unpaired) electrons. The van der Waals surface area contributed by atoms with Crippen LogP contribution in [0.4, 0.5) is 5.82 Å². The van der Waals surface area contributed by atoms with E-state index in [0.717, 1.165) is 24.0 Å². The van der Waals surface area contributed by atoms with E-state index in [9.17, 15) is 9.90 Å². The minimum absolute atomic E-state index is 0.204. The number of hydrogen-bond donors (Lipinski definition) is 2. The number of carbonyl (C=O) groups is 1. The average molecular weight is 523 g/mol. The molecular weight excluding hydrogens is 492 g/mol. The lowest BCUT2D eigenvalue weighted by molar-refractivity contribution is 0.0913. The van der Waals surface area contributed by atoms with Gasteiger partial charge in [-0.25, -0.2) is 4.98 Å². The third-order valence-electron chi connectivity index (χ3n) is 5.80. The van der Waals surface area contributed by atoms with Crippen LogP contribution < -0.4 is 14.8 Å². The van der Waals surface area contributed by atoms with Gasteiger partial charge in [-0.1, -0.05) is 29.8 Å². The van der Waals surface area contributed by atoms with Gasteiger partial charge in [-0.3, -0.25) is 4.79 Å². The van der Waals surface area contributed by atoms with E-state index in [1.807, 2.05) is 38.1 Å². The Morgan fingerprint density at radius 3 is 2.35 bits per heavy atom. The van der Waals surface area contributed by atoms with Crippen LogP contribution in [0.15, 0.2) is 66.4 Å². The van der Waals surface area contributed by atoms with Crippen molar-refractivity contribution < 1.29 is 24.1 Å². The lowest BCUT2D eigenvalue weighted by Crippen LogP contribution is -2.20. The van der Waals surface area contributed by atoms with Crippen molar-refractivity contribution in [1.29, 1.82) is 0 Å². The molecular formula is C29H31ClN2O5. The molecule has 7 nitrogen and oxygen atoms in total. The first-order valence-corrected chi connectivity index (χ1v) is 12.6. The van der Waals surface area contributed by atoms with Crippen molar-refractivity contribution in [2.75, 3.05) is 19.0 Å². The Bertz CT molecular complexity index is 1270. The zero-order valence-electron chi connectivity index (χ0n) is 21.2. The Labute approximate surface area is 222 Å². The molecule has 0 spiro atoms. The Morgan fingerprint density at radius 1 is 1.03 bits per heavy atom. The summed E-state index contributed by atoms with van der Waals surface area (Å²) in [5, 5.41) is 13.7. The van der Waals surface area contributed by atoms with Crippen LogP contribution >= 0.6 is 11.6 Å². The third kappa shape index (κ3) is 7.47. The second kappa shape index (κ2) is 12.1. The van der Waals surface area contributed by atoms with Gasteiger partial charge in [0.1, 0.15) is 29.2 Å². The molecule has 2 N–H and O–H groups in total. The van der Waals surface area contributed by atoms with E-state index >= 15 is 0 Å². The van der Waals surface area contributed by atoms with Gasteiger partial charge in [-0.05, 0) is 68.2 Å². The molecule has 2 unspecified atom stereocenters. The van der Waals surface area contributed by atoms with E-state index in [1.165, 1.54) is 0 Å². The summed E-state index contributed by atoms with van der Waals surface area (Å²) in [4.78, 5) is 17.4. The molecule has 2 aromatic carbocycles. The largest absolute Gasteiger partial charge is 0.507 e. The quantitative estimate of drug-likeness (QED) is 0.280. The van der Waals surface area contributed by atoms with E-state index < -0.39 is 0 Å². The summed E-state index contributed by atoms with van der Waals surface area (Å²) in [6, 6.07) is 16.1. The number of benzene rings is 2. The van der Waals surface area contributed by atoms with Crippen molar-refractivity contribution in [3.05, 3.63) is 88.1 Å². The molecule has 0 bridgehead atoms. The number of amides is 1. The highest BCUT2D eigenvalue weighted by molar-refractivity contribution is 6.31. The molecule has 1 heterocycles. The van der Waals surface area contributed by atoms with E-state index in [2.05, 4.69) is 10.3 Å². The Hall–Kier alpha value is -3.55. The summed E-state index contributed by atoms with van der Waals surface area (Å²) in [5.41, 5.74) is 3.00. The van der Waals surface area contributed by atoms with Crippen molar-refractivity contribution in [2.24, 2.45) is 0 Å². The minimum atomic E-state index is -0.363. The molecule has 1 aliphatic carbocycles. The number of anilines is 1. The molecule has 1 aromatic heterocycles. The van der Waals surface area contributed by atoms with Crippen molar-refractivity contribution in [3.63, 3.8) is 0 Å². The number of pyridine rings is 1. The van der Waals surface area contributed by atoms with Gasteiger partial charge in [0.25, 0.3) is 5.91 Å². The number of nitrogens with zero attached hydrogens (tertiary/aromatic N) is 1. The third-order valence-corrected chi connectivity index (χ3v) is 6.17. The second-order valence-corrected chi connectivity index (χ2v) is 9.55. The summed E-state index contributed by atoms with van der Waals surface area (Å²) in [5.74, 6) is 1.26. The van der Waals surface area contributed by atoms with Crippen LogP contribution in [0.1, 0.15) is 48.2 Å². The first-order valence-electron chi connectivity index (χ1n) is 12.2. The van der Waals surface area contributed by atoms with Crippen LogP contribution in [0.25, 0.3) is 5.76 Å². The maximum absolute atomic E-state index is 13.1. The van der Waals surface area contributed by atoms with Crippen molar-refractivity contribution >= 4 is 29.1 Å². The van der Waals surface area contributed by atoms with Crippen LogP contribution in [-0.2, 0) is 11.2 Å². The van der Waals surface area contributed by atoms with Crippen LogP contribution in [0.5, 0.6) is 11.5 Å². The number of halogens is 1. The number of aliphatic hydroxyl groups excluding tert-OH is 1. The topological polar surface area (TPSA) is 89.9 Å². The van der Waals surface area contributed by atoms with Gasteiger partial charge < -0.3 is 24.6 Å². The predicted molar refractivity (Wildman–Crippen MR) is 145 cm³/mol. The van der Waals surface area contributed by atoms with E-state index in [0.29, 0.717) is 46.5 Å². The fraction of sp³-hybridized carbons (Fsp3) is 0.310. The summed E-state index contributed by atoms with van der Waals surface area (Å²) >= 11 is 6.31. The van der Waals surface area contributed by atoms with Crippen molar-refractivity contribution in [2.45, 2.75) is 45.3 Å². The van der Waals surface area contributed by atoms with Crippen LogP contribution in [-0.4, -0.2) is 41.9 Å². The number of aromatic nitrogens is 1. The molecule has 1 fully saturated rings. The highest BCUT2D eigenvalue weighted by atomic mass is 35.5. The fourth-order valence-corrected chi connectivity index (χ4v) is 4.10. The Morgan fingerprint density at radius 2 is 1.73 bits per heavy atom. The van der Waals surface area contributed by atoms with Crippen LogP contribution in [0, 0.1) is 0 Å². The molecule has 8 heteroatoms. The highest BCUT2D eigenvalue weighted by Crippen LogP contribution is 2.34. The SMILES string of the molecule is COCC(C)Oc1cc(OC(C)Cc2ccccc2Cl)cc(C(=O)Nc2ccc(C(O)=C3CC3)cn2)c1. The molecule has 3 aromatic rings. The summed E-state index contributed by atoms with van der Waals surface area (Å²) in [6.45, 7) is 4.23. The summed E-state index contributed by atoms with van der Waals surface area (Å²) in [7, 11) is 1.60. The molecule has 4 rings (SSSR count). The summed E-state index contributed by atoms with van der Waals surface area (Å²) < 4.78 is 17.3. The Kier molecular flexibility index (Phi) is 8.69. The molecule has 37 heavy (non-hydrogen) atoms. The normalized spacial score (nSPS) is 14.0. The number of aliphatic hydroxyl groups is 1. The molecule has 1 aliphatic rings. The zero-order valence-corrected chi connectivity index (χ0v) is 21.9. The highest BCUT2D eigenvalue weighted by Gasteiger charge is 2.19. The molecule has 2 atom stereocenters. The molecule has 0 aliphatic heterocycles. The molecule has 194 valence electrons. The van der Waals surface area contributed by atoms with Gasteiger partial charge in [0.15, 0.2) is 0 Å². The van der Waals surface area contributed by atoms with Gasteiger partial charge in [0.05, 0.1) is 12.7 Å². The number of carbonyl (C=O) groups excluding carboxylic acids is 1. The number of nitrogens with one attached hydrogen (secondary N) is 1. The van der Waals surface area contributed by atoms with Gasteiger partial charge in [0, 0.05) is 41.9 Å². The Balaban J connectivity index is 1.51. The van der Waals surface area contributed by atoms with E-state index in [-0.39, 0.29) is 23.9 Å². The van der Waals surface area contributed by atoms with Crippen LogP contribution in [0.3, 0.4) is 0 Å². The maximum Gasteiger partial charge on any atom is 0.257 e. The smallest absolute Gasteiger partial charge is 0.257 e.